The number of benzene rings is 3. The molecule has 0 aliphatic rings. The summed E-state index contributed by atoms with van der Waals surface area (Å²) in [5, 5.41) is 1.67. The van der Waals surface area contributed by atoms with Crippen molar-refractivity contribution >= 4 is 44.2 Å². The summed E-state index contributed by atoms with van der Waals surface area (Å²) in [7, 11) is 2.91. The fourth-order valence-electron chi connectivity index (χ4n) is 3.50. The first-order chi connectivity index (χ1) is 15.5. The monoisotopic (exact) mass is 450 g/mol. The number of rotatable bonds is 6. The Bertz CT molecular complexity index is 1390. The molecule has 0 unspecified atom stereocenters. The Kier molecular flexibility index (Phi) is 6.23. The third kappa shape index (κ3) is 4.09. The van der Waals surface area contributed by atoms with E-state index < -0.39 is 11.9 Å². The van der Waals surface area contributed by atoms with E-state index in [1.54, 1.807) is 23.8 Å². The van der Waals surface area contributed by atoms with E-state index in [-0.39, 0.29) is 6.54 Å². The van der Waals surface area contributed by atoms with Crippen molar-refractivity contribution in [2.45, 2.75) is 13.5 Å². The molecular formula is C24H22N2O5S. The SMILES string of the molecule is CCOc1ccc2ccccc2c1C(=O)N=c1sc2cc(OC)ccc2n1CC(=O)OC. The zero-order valence-corrected chi connectivity index (χ0v) is 18.8. The van der Waals surface area contributed by atoms with Gasteiger partial charge < -0.3 is 18.8 Å². The molecule has 3 aromatic carbocycles. The molecule has 7 nitrogen and oxygen atoms in total. The largest absolute Gasteiger partial charge is 0.497 e. The van der Waals surface area contributed by atoms with Gasteiger partial charge in [0.1, 0.15) is 18.0 Å². The highest BCUT2D eigenvalue weighted by Crippen LogP contribution is 2.29. The first kappa shape index (κ1) is 21.6. The second-order valence-corrected chi connectivity index (χ2v) is 7.90. The summed E-state index contributed by atoms with van der Waals surface area (Å²) in [5.41, 5.74) is 1.15. The van der Waals surface area contributed by atoms with Crippen LogP contribution in [0.2, 0.25) is 0 Å². The molecule has 0 radical (unpaired) electrons. The molecule has 0 aliphatic heterocycles. The number of amides is 1. The van der Waals surface area contributed by atoms with E-state index in [2.05, 4.69) is 4.99 Å². The van der Waals surface area contributed by atoms with Gasteiger partial charge in [0.25, 0.3) is 5.91 Å². The Morgan fingerprint density at radius 2 is 1.88 bits per heavy atom. The molecule has 32 heavy (non-hydrogen) atoms. The number of methoxy groups -OCH3 is 2. The van der Waals surface area contributed by atoms with E-state index in [4.69, 9.17) is 14.2 Å². The number of hydrogen-bond acceptors (Lipinski definition) is 6. The lowest BCUT2D eigenvalue weighted by Gasteiger charge is -2.10. The summed E-state index contributed by atoms with van der Waals surface area (Å²) >= 11 is 1.30. The van der Waals surface area contributed by atoms with Crippen LogP contribution in [0.5, 0.6) is 11.5 Å². The highest BCUT2D eigenvalue weighted by atomic mass is 32.1. The number of nitrogens with zero attached hydrogens (tertiary/aromatic N) is 2. The summed E-state index contributed by atoms with van der Waals surface area (Å²) < 4.78 is 18.4. The number of carbonyl (C=O) groups excluding carboxylic acids is 2. The van der Waals surface area contributed by atoms with Crippen molar-refractivity contribution in [1.29, 1.82) is 0 Å². The standard InChI is InChI=1S/C24H22N2O5S/c1-4-31-19-12-9-15-7-5-6-8-17(15)22(19)23(28)25-24-26(14-21(27)30-3)18-11-10-16(29-2)13-20(18)32-24/h5-13H,4,14H2,1-3H3. The van der Waals surface area contributed by atoms with E-state index in [1.165, 1.54) is 18.4 Å². The fourth-order valence-corrected chi connectivity index (χ4v) is 4.56. The van der Waals surface area contributed by atoms with Gasteiger partial charge in [-0.15, -0.1) is 0 Å². The second-order valence-electron chi connectivity index (χ2n) is 6.89. The fraction of sp³-hybridized carbons (Fsp3) is 0.208. The molecule has 0 aliphatic carbocycles. The quantitative estimate of drug-likeness (QED) is 0.412. The van der Waals surface area contributed by atoms with Crippen LogP contribution in [0.3, 0.4) is 0 Å². The maximum Gasteiger partial charge on any atom is 0.325 e. The van der Waals surface area contributed by atoms with Gasteiger partial charge in [0.15, 0.2) is 4.80 Å². The molecule has 4 rings (SSSR count). The van der Waals surface area contributed by atoms with Crippen LogP contribution in [0, 0.1) is 0 Å². The lowest BCUT2D eigenvalue weighted by Crippen LogP contribution is -2.22. The normalized spacial score (nSPS) is 11.7. The molecule has 164 valence electrons. The minimum absolute atomic E-state index is 0.0667. The van der Waals surface area contributed by atoms with Gasteiger partial charge in [0, 0.05) is 0 Å². The number of fused-ring (bicyclic) bond motifs is 2. The number of hydrogen-bond donors (Lipinski definition) is 0. The van der Waals surface area contributed by atoms with Gasteiger partial charge in [-0.1, -0.05) is 41.7 Å². The van der Waals surface area contributed by atoms with Crippen molar-refractivity contribution in [2.75, 3.05) is 20.8 Å². The van der Waals surface area contributed by atoms with Crippen molar-refractivity contribution in [3.05, 3.63) is 65.0 Å². The summed E-state index contributed by atoms with van der Waals surface area (Å²) in [6, 6.07) is 16.8. The van der Waals surface area contributed by atoms with E-state index in [0.717, 1.165) is 21.0 Å². The van der Waals surface area contributed by atoms with E-state index >= 15 is 0 Å². The summed E-state index contributed by atoms with van der Waals surface area (Å²) in [6.45, 7) is 2.22. The summed E-state index contributed by atoms with van der Waals surface area (Å²) in [5.74, 6) is 0.272. The molecule has 0 fully saturated rings. The Morgan fingerprint density at radius 3 is 2.62 bits per heavy atom. The van der Waals surface area contributed by atoms with Gasteiger partial charge >= 0.3 is 5.97 Å². The van der Waals surface area contributed by atoms with Gasteiger partial charge in [-0.05, 0) is 42.0 Å². The van der Waals surface area contributed by atoms with E-state index in [1.807, 2.05) is 49.4 Å². The van der Waals surface area contributed by atoms with Crippen molar-refractivity contribution in [2.24, 2.45) is 4.99 Å². The van der Waals surface area contributed by atoms with Crippen LogP contribution in [-0.4, -0.2) is 37.3 Å². The van der Waals surface area contributed by atoms with E-state index in [9.17, 15) is 9.59 Å². The van der Waals surface area contributed by atoms with Crippen LogP contribution in [0.1, 0.15) is 17.3 Å². The third-order valence-corrected chi connectivity index (χ3v) is 6.05. The highest BCUT2D eigenvalue weighted by molar-refractivity contribution is 7.16. The van der Waals surface area contributed by atoms with Crippen molar-refractivity contribution < 1.29 is 23.8 Å². The van der Waals surface area contributed by atoms with Gasteiger partial charge in [-0.2, -0.15) is 4.99 Å². The average Bonchev–Trinajstić information content (AvgIpc) is 3.14. The molecule has 8 heteroatoms. The smallest absolute Gasteiger partial charge is 0.325 e. The molecule has 0 N–H and O–H groups in total. The molecule has 1 aromatic heterocycles. The van der Waals surface area contributed by atoms with Crippen LogP contribution in [-0.2, 0) is 16.1 Å². The predicted molar refractivity (Wildman–Crippen MR) is 123 cm³/mol. The maximum atomic E-state index is 13.4. The van der Waals surface area contributed by atoms with Crippen LogP contribution in [0.15, 0.2) is 59.6 Å². The molecule has 1 heterocycles. The molecule has 4 aromatic rings. The van der Waals surface area contributed by atoms with Crippen molar-refractivity contribution in [1.82, 2.24) is 4.57 Å². The van der Waals surface area contributed by atoms with Crippen molar-refractivity contribution in [3.63, 3.8) is 0 Å². The highest BCUT2D eigenvalue weighted by Gasteiger charge is 2.18. The van der Waals surface area contributed by atoms with Gasteiger partial charge in [0.05, 0.1) is 36.6 Å². The molecule has 0 saturated carbocycles. The van der Waals surface area contributed by atoms with Gasteiger partial charge in [-0.25, -0.2) is 0 Å². The molecule has 0 bridgehead atoms. The zero-order chi connectivity index (χ0) is 22.7. The Labute approximate surface area is 188 Å². The first-order valence-corrected chi connectivity index (χ1v) is 10.8. The lowest BCUT2D eigenvalue weighted by molar-refractivity contribution is -0.141. The summed E-state index contributed by atoms with van der Waals surface area (Å²) in [4.78, 5) is 30.3. The van der Waals surface area contributed by atoms with Gasteiger partial charge in [-0.3, -0.25) is 9.59 Å². The molecule has 0 atom stereocenters. The van der Waals surface area contributed by atoms with Crippen LogP contribution in [0.4, 0.5) is 0 Å². The maximum absolute atomic E-state index is 13.4. The number of thiazole rings is 1. The zero-order valence-electron chi connectivity index (χ0n) is 18.0. The molecule has 0 spiro atoms. The second kappa shape index (κ2) is 9.23. The third-order valence-electron chi connectivity index (χ3n) is 5.01. The Balaban J connectivity index is 1.93. The van der Waals surface area contributed by atoms with Crippen LogP contribution < -0.4 is 14.3 Å². The Morgan fingerprint density at radius 1 is 1.06 bits per heavy atom. The molecule has 1 amide bonds. The number of esters is 1. The van der Waals surface area contributed by atoms with Crippen molar-refractivity contribution in [3.8, 4) is 11.5 Å². The molecular weight excluding hydrogens is 428 g/mol. The Hall–Kier alpha value is -3.65. The minimum Gasteiger partial charge on any atom is -0.497 e. The minimum atomic E-state index is -0.442. The van der Waals surface area contributed by atoms with Crippen LogP contribution in [0.25, 0.3) is 21.0 Å². The number of aromatic nitrogens is 1. The summed E-state index contributed by atoms with van der Waals surface area (Å²) in [6.07, 6.45) is 0. The first-order valence-electron chi connectivity index (χ1n) is 10.0. The molecule has 0 saturated heterocycles. The van der Waals surface area contributed by atoms with E-state index in [0.29, 0.717) is 28.5 Å². The predicted octanol–water partition coefficient (Wildman–Crippen LogP) is 4.18. The average molecular weight is 451 g/mol. The van der Waals surface area contributed by atoms with Gasteiger partial charge in [0.2, 0.25) is 0 Å². The lowest BCUT2D eigenvalue weighted by atomic mass is 10.0. The van der Waals surface area contributed by atoms with Crippen LogP contribution >= 0.6 is 11.3 Å². The topological polar surface area (TPSA) is 79.1 Å². The number of ether oxygens (including phenoxy) is 3. The number of carbonyl (C=O) groups is 2.